The molecule has 0 radical (unpaired) electrons. The van der Waals surface area contributed by atoms with Gasteiger partial charge in [0.1, 0.15) is 6.61 Å². The summed E-state index contributed by atoms with van der Waals surface area (Å²) in [5.74, 6) is -0.904. The second-order valence-corrected chi connectivity index (χ2v) is 14.1. The van der Waals surface area contributed by atoms with E-state index in [1.165, 1.54) is 77.0 Å². The highest BCUT2D eigenvalue weighted by molar-refractivity contribution is 7.46. The molecule has 0 spiro atoms. The van der Waals surface area contributed by atoms with Crippen molar-refractivity contribution in [3.05, 3.63) is 36.5 Å². The van der Waals surface area contributed by atoms with Crippen LogP contribution in [0.5, 0.6) is 0 Å². The maximum absolute atomic E-state index is 12.4. The zero-order valence-electron chi connectivity index (χ0n) is 30.6. The van der Waals surface area contributed by atoms with Gasteiger partial charge in [-0.3, -0.25) is 14.1 Å². The molecule has 2 N–H and O–H groups in total. The first-order valence-corrected chi connectivity index (χ1v) is 20.8. The molecule has 0 saturated heterocycles. The van der Waals surface area contributed by atoms with Crippen molar-refractivity contribution in [3.63, 3.8) is 0 Å². The lowest BCUT2D eigenvalue weighted by Gasteiger charge is -2.18. The third-order valence-corrected chi connectivity index (χ3v) is 8.62. The fraction of sp³-hybridized carbons (Fsp3) is 0.795. The van der Waals surface area contributed by atoms with E-state index >= 15 is 0 Å². The lowest BCUT2D eigenvalue weighted by molar-refractivity contribution is -0.161. The van der Waals surface area contributed by atoms with E-state index in [1.54, 1.807) is 0 Å². The van der Waals surface area contributed by atoms with Crippen LogP contribution < -0.4 is 0 Å². The van der Waals surface area contributed by atoms with Crippen LogP contribution in [0.1, 0.15) is 181 Å². The topological polar surface area (TPSA) is 119 Å². The van der Waals surface area contributed by atoms with Crippen LogP contribution in [0.4, 0.5) is 0 Å². The van der Waals surface area contributed by atoms with Crippen molar-refractivity contribution in [1.29, 1.82) is 0 Å². The second kappa shape index (κ2) is 35.1. The summed E-state index contributed by atoms with van der Waals surface area (Å²) in [6.45, 7) is 3.62. The first kappa shape index (κ1) is 46.3. The highest BCUT2D eigenvalue weighted by atomic mass is 31.2. The number of esters is 2. The van der Waals surface area contributed by atoms with Crippen LogP contribution in [-0.2, 0) is 28.2 Å². The zero-order chi connectivity index (χ0) is 35.4. The number of phosphoric ester groups is 1. The van der Waals surface area contributed by atoms with Gasteiger partial charge in [0.2, 0.25) is 0 Å². The van der Waals surface area contributed by atoms with Crippen LogP contribution in [0, 0.1) is 0 Å². The third-order valence-electron chi connectivity index (χ3n) is 8.13. The van der Waals surface area contributed by atoms with Gasteiger partial charge in [0.15, 0.2) is 6.10 Å². The Morgan fingerprint density at radius 3 is 1.44 bits per heavy atom. The monoisotopic (exact) mass is 698 g/mol. The van der Waals surface area contributed by atoms with Gasteiger partial charge in [0.05, 0.1) is 6.61 Å². The van der Waals surface area contributed by atoms with Crippen LogP contribution in [0.15, 0.2) is 36.5 Å². The van der Waals surface area contributed by atoms with Crippen molar-refractivity contribution in [2.45, 2.75) is 187 Å². The van der Waals surface area contributed by atoms with Crippen molar-refractivity contribution in [2.24, 2.45) is 0 Å². The number of ether oxygens (including phenoxy) is 2. The molecule has 0 aromatic carbocycles. The van der Waals surface area contributed by atoms with Gasteiger partial charge in [-0.25, -0.2) is 4.57 Å². The largest absolute Gasteiger partial charge is 0.469 e. The fourth-order valence-electron chi connectivity index (χ4n) is 5.22. The highest BCUT2D eigenvalue weighted by Crippen LogP contribution is 2.36. The number of unbranched alkanes of at least 4 members (excludes halogenated alkanes) is 19. The molecule has 9 heteroatoms. The highest BCUT2D eigenvalue weighted by Gasteiger charge is 2.22. The quantitative estimate of drug-likeness (QED) is 0.0290. The maximum Gasteiger partial charge on any atom is 0.469 e. The number of carbonyl (C=O) groups is 2. The summed E-state index contributed by atoms with van der Waals surface area (Å²) in [7, 11) is -4.75. The minimum absolute atomic E-state index is 0.201. The molecule has 0 rings (SSSR count). The molecule has 280 valence electrons. The molecular weight excluding hydrogens is 627 g/mol. The Morgan fingerprint density at radius 1 is 0.542 bits per heavy atom. The van der Waals surface area contributed by atoms with Gasteiger partial charge in [0.25, 0.3) is 0 Å². The van der Waals surface area contributed by atoms with Crippen LogP contribution >= 0.6 is 7.82 Å². The van der Waals surface area contributed by atoms with Crippen molar-refractivity contribution < 1.29 is 37.9 Å². The Labute approximate surface area is 293 Å². The van der Waals surface area contributed by atoms with E-state index in [2.05, 4.69) is 54.8 Å². The zero-order valence-corrected chi connectivity index (χ0v) is 31.5. The molecule has 0 aromatic rings. The van der Waals surface area contributed by atoms with E-state index in [4.69, 9.17) is 19.3 Å². The molecule has 0 amide bonds. The normalized spacial score (nSPS) is 12.8. The van der Waals surface area contributed by atoms with Gasteiger partial charge in [0, 0.05) is 12.8 Å². The number of allylic oxidation sites excluding steroid dienone is 6. The molecule has 0 saturated carbocycles. The number of hydrogen-bond acceptors (Lipinski definition) is 6. The van der Waals surface area contributed by atoms with E-state index in [0.717, 1.165) is 64.2 Å². The standard InChI is InChI=1S/C39H71O8P/c1-3-5-7-9-11-13-15-17-18-19-20-22-24-26-28-30-32-34-39(41)47-37(36-46-48(42,43)44)35-45-38(40)33-31-29-27-25-23-21-16-14-12-10-8-6-4-2/h11,13-14,16-18,37H,3-10,12,15,19-36H2,1-2H3,(H2,42,43,44)/b13-11-,16-14-,18-17-. The summed E-state index contributed by atoms with van der Waals surface area (Å²) < 4.78 is 26.3. The summed E-state index contributed by atoms with van der Waals surface area (Å²) in [5.41, 5.74) is 0. The molecule has 48 heavy (non-hydrogen) atoms. The first-order valence-electron chi connectivity index (χ1n) is 19.3. The van der Waals surface area contributed by atoms with E-state index in [1.807, 2.05) is 0 Å². The SMILES string of the molecule is CCCCC/C=C\C/C=C\CCCCCCCCCC(=O)OC(COC(=O)CCCCCCC/C=C\CCCCCC)COP(=O)(O)O. The molecule has 1 atom stereocenters. The van der Waals surface area contributed by atoms with Crippen LogP contribution in [0.2, 0.25) is 0 Å². The molecule has 0 aromatic heterocycles. The van der Waals surface area contributed by atoms with Gasteiger partial charge in [-0.05, 0) is 70.6 Å². The number of rotatable bonds is 35. The third kappa shape index (κ3) is 37.1. The van der Waals surface area contributed by atoms with E-state index in [0.29, 0.717) is 12.8 Å². The van der Waals surface area contributed by atoms with E-state index in [9.17, 15) is 14.2 Å². The molecule has 0 aliphatic rings. The molecule has 0 heterocycles. The molecule has 0 aliphatic heterocycles. The average molecular weight is 699 g/mol. The lowest BCUT2D eigenvalue weighted by Crippen LogP contribution is -2.29. The Hall–Kier alpha value is -1.73. The number of hydrogen-bond donors (Lipinski definition) is 2. The van der Waals surface area contributed by atoms with Crippen LogP contribution in [0.3, 0.4) is 0 Å². The van der Waals surface area contributed by atoms with Crippen LogP contribution in [-0.4, -0.2) is 41.0 Å². The molecule has 1 unspecified atom stereocenters. The van der Waals surface area contributed by atoms with Crippen molar-refractivity contribution in [2.75, 3.05) is 13.2 Å². The lowest BCUT2D eigenvalue weighted by atomic mass is 10.1. The predicted octanol–water partition coefficient (Wildman–Crippen LogP) is 11.4. The van der Waals surface area contributed by atoms with Gasteiger partial charge >= 0.3 is 19.8 Å². The summed E-state index contributed by atoms with van der Waals surface area (Å²) >= 11 is 0. The summed E-state index contributed by atoms with van der Waals surface area (Å²) in [5, 5.41) is 0. The Bertz CT molecular complexity index is 879. The Morgan fingerprint density at radius 2 is 0.938 bits per heavy atom. The van der Waals surface area contributed by atoms with E-state index < -0.39 is 32.5 Å². The molecule has 8 nitrogen and oxygen atoms in total. The number of carbonyl (C=O) groups excluding carboxylic acids is 2. The van der Waals surface area contributed by atoms with Gasteiger partial charge in [-0.1, -0.05) is 134 Å². The second-order valence-electron chi connectivity index (χ2n) is 12.9. The average Bonchev–Trinajstić information content (AvgIpc) is 3.05. The molecule has 0 bridgehead atoms. The van der Waals surface area contributed by atoms with E-state index in [-0.39, 0.29) is 19.4 Å². The fourth-order valence-corrected chi connectivity index (χ4v) is 5.58. The summed E-state index contributed by atoms with van der Waals surface area (Å²) in [6, 6.07) is 0. The van der Waals surface area contributed by atoms with Crippen molar-refractivity contribution in [1.82, 2.24) is 0 Å². The first-order chi connectivity index (χ1) is 23.3. The minimum Gasteiger partial charge on any atom is -0.462 e. The van der Waals surface area contributed by atoms with Gasteiger partial charge in [-0.15, -0.1) is 0 Å². The number of phosphoric acid groups is 1. The molecule has 0 fully saturated rings. The summed E-state index contributed by atoms with van der Waals surface area (Å²) in [4.78, 5) is 42.7. The Balaban J connectivity index is 3.98. The van der Waals surface area contributed by atoms with Crippen molar-refractivity contribution in [3.8, 4) is 0 Å². The smallest absolute Gasteiger partial charge is 0.462 e. The molecule has 0 aliphatic carbocycles. The molecular formula is C39H71O8P. The summed E-state index contributed by atoms with van der Waals surface area (Å²) in [6.07, 6.45) is 40.0. The minimum atomic E-state index is -4.75. The van der Waals surface area contributed by atoms with Crippen molar-refractivity contribution >= 4 is 19.8 Å². The maximum atomic E-state index is 12.4. The predicted molar refractivity (Wildman–Crippen MR) is 198 cm³/mol. The van der Waals surface area contributed by atoms with Crippen LogP contribution in [0.25, 0.3) is 0 Å². The Kier molecular flexibility index (Phi) is 33.8. The van der Waals surface area contributed by atoms with Gasteiger partial charge in [-0.2, -0.15) is 0 Å². The van der Waals surface area contributed by atoms with Gasteiger partial charge < -0.3 is 19.3 Å².